The Morgan fingerprint density at radius 1 is 1.50 bits per heavy atom. The van der Waals surface area contributed by atoms with Gasteiger partial charge in [-0.3, -0.25) is 4.99 Å². The van der Waals surface area contributed by atoms with Crippen molar-refractivity contribution in [2.75, 3.05) is 6.54 Å². The van der Waals surface area contributed by atoms with Crippen LogP contribution in [0.25, 0.3) is 0 Å². The third-order valence-corrected chi connectivity index (χ3v) is 3.02. The molecule has 0 radical (unpaired) electrons. The molecule has 62 valence electrons. The van der Waals surface area contributed by atoms with Crippen LogP contribution in [0, 0.1) is 5.92 Å². The summed E-state index contributed by atoms with van der Waals surface area (Å²) in [4.78, 5) is 4.46. The summed E-state index contributed by atoms with van der Waals surface area (Å²) in [5.41, 5.74) is 2.92. The van der Waals surface area contributed by atoms with E-state index in [4.69, 9.17) is 0 Å². The normalized spacial score (nSPS) is 36.7. The van der Waals surface area contributed by atoms with E-state index in [1.54, 1.807) is 0 Å². The van der Waals surface area contributed by atoms with E-state index in [1.165, 1.54) is 24.1 Å². The van der Waals surface area contributed by atoms with Crippen LogP contribution < -0.4 is 5.32 Å². The van der Waals surface area contributed by atoms with Gasteiger partial charge in [0.2, 0.25) is 0 Å². The monoisotopic (exact) mass is 160 g/mol. The van der Waals surface area contributed by atoms with Crippen LogP contribution in [0.5, 0.6) is 0 Å². The first-order chi connectivity index (χ1) is 5.95. The lowest BCUT2D eigenvalue weighted by molar-refractivity contribution is 0.582. The summed E-state index contributed by atoms with van der Waals surface area (Å²) < 4.78 is 0. The number of hydrogen-bond acceptors (Lipinski definition) is 2. The van der Waals surface area contributed by atoms with Gasteiger partial charge in [0.15, 0.2) is 0 Å². The van der Waals surface area contributed by atoms with Gasteiger partial charge in [-0.25, -0.2) is 0 Å². The van der Waals surface area contributed by atoms with E-state index in [1.807, 2.05) is 12.3 Å². The Hall–Kier alpha value is -1.05. The van der Waals surface area contributed by atoms with E-state index in [2.05, 4.69) is 16.4 Å². The Labute approximate surface area is 72.1 Å². The predicted octanol–water partition coefficient (Wildman–Crippen LogP) is 1.26. The van der Waals surface area contributed by atoms with Crippen LogP contribution in [0.15, 0.2) is 28.4 Å². The Morgan fingerprint density at radius 2 is 2.50 bits per heavy atom. The molecule has 0 spiro atoms. The van der Waals surface area contributed by atoms with Crippen LogP contribution in [-0.4, -0.2) is 18.8 Å². The van der Waals surface area contributed by atoms with Crippen molar-refractivity contribution in [2.24, 2.45) is 10.9 Å². The first-order valence-electron chi connectivity index (χ1n) is 4.63. The summed E-state index contributed by atoms with van der Waals surface area (Å²) >= 11 is 0. The Bertz CT molecular complexity index is 299. The van der Waals surface area contributed by atoms with Gasteiger partial charge in [-0.05, 0) is 24.5 Å². The average molecular weight is 160 g/mol. The van der Waals surface area contributed by atoms with Crippen molar-refractivity contribution >= 4 is 6.21 Å². The highest BCUT2D eigenvalue weighted by molar-refractivity contribution is 5.75. The second-order valence-corrected chi connectivity index (χ2v) is 3.69. The molecule has 0 bridgehead atoms. The van der Waals surface area contributed by atoms with E-state index >= 15 is 0 Å². The molecule has 2 atom stereocenters. The summed E-state index contributed by atoms with van der Waals surface area (Å²) in [6.45, 7) is 1.16. The fourth-order valence-corrected chi connectivity index (χ4v) is 2.46. The Balaban J connectivity index is 2.06. The zero-order chi connectivity index (χ0) is 7.97. The number of nitrogens with zero attached hydrogens (tertiary/aromatic N) is 1. The molecule has 0 aromatic carbocycles. The molecule has 1 saturated heterocycles. The zero-order valence-corrected chi connectivity index (χ0v) is 6.96. The third-order valence-electron chi connectivity index (χ3n) is 3.02. The zero-order valence-electron chi connectivity index (χ0n) is 6.96. The van der Waals surface area contributed by atoms with Crippen LogP contribution in [0.4, 0.5) is 0 Å². The molecule has 2 nitrogen and oxygen atoms in total. The molecule has 2 heterocycles. The molecule has 12 heavy (non-hydrogen) atoms. The molecule has 1 aliphatic carbocycles. The molecule has 2 aliphatic heterocycles. The van der Waals surface area contributed by atoms with E-state index in [0.29, 0.717) is 6.04 Å². The maximum absolute atomic E-state index is 4.46. The van der Waals surface area contributed by atoms with E-state index in [-0.39, 0.29) is 0 Å². The number of allylic oxidation sites excluding steroid dienone is 2. The number of hydrogen-bond donors (Lipinski definition) is 1. The van der Waals surface area contributed by atoms with E-state index < -0.39 is 0 Å². The summed E-state index contributed by atoms with van der Waals surface area (Å²) in [6, 6.07) is 0.475. The van der Waals surface area contributed by atoms with Gasteiger partial charge in [0, 0.05) is 24.4 Å². The van der Waals surface area contributed by atoms with Crippen LogP contribution in [-0.2, 0) is 0 Å². The van der Waals surface area contributed by atoms with Gasteiger partial charge < -0.3 is 5.32 Å². The van der Waals surface area contributed by atoms with Crippen molar-refractivity contribution in [3.63, 3.8) is 0 Å². The molecular weight excluding hydrogens is 148 g/mol. The quantitative estimate of drug-likeness (QED) is 0.567. The molecule has 3 rings (SSSR count). The molecule has 1 fully saturated rings. The largest absolute Gasteiger partial charge is 0.388 e. The highest BCUT2D eigenvalue weighted by atomic mass is 15.0. The van der Waals surface area contributed by atoms with Gasteiger partial charge in [0.05, 0.1) is 6.04 Å². The van der Waals surface area contributed by atoms with Crippen LogP contribution in [0.2, 0.25) is 0 Å². The minimum Gasteiger partial charge on any atom is -0.388 e. The first-order valence-corrected chi connectivity index (χ1v) is 4.63. The second-order valence-electron chi connectivity index (χ2n) is 3.69. The van der Waals surface area contributed by atoms with Crippen molar-refractivity contribution in [1.29, 1.82) is 0 Å². The van der Waals surface area contributed by atoms with Crippen molar-refractivity contribution in [3.8, 4) is 0 Å². The minimum absolute atomic E-state index is 0.475. The number of aliphatic imine (C=N–C) groups is 1. The van der Waals surface area contributed by atoms with Crippen LogP contribution in [0.3, 0.4) is 0 Å². The third kappa shape index (κ3) is 0.724. The molecule has 3 aliphatic rings. The predicted molar refractivity (Wildman–Crippen MR) is 49.2 cm³/mol. The number of rotatable bonds is 0. The van der Waals surface area contributed by atoms with Gasteiger partial charge in [0.25, 0.3) is 0 Å². The van der Waals surface area contributed by atoms with Crippen LogP contribution in [0.1, 0.15) is 12.8 Å². The summed E-state index contributed by atoms with van der Waals surface area (Å²) in [5, 5.41) is 3.47. The van der Waals surface area contributed by atoms with Crippen molar-refractivity contribution < 1.29 is 0 Å². The highest BCUT2D eigenvalue weighted by Crippen LogP contribution is 2.38. The van der Waals surface area contributed by atoms with Crippen molar-refractivity contribution in [2.45, 2.75) is 18.9 Å². The summed E-state index contributed by atoms with van der Waals surface area (Å²) in [6.07, 6.45) is 8.72. The van der Waals surface area contributed by atoms with E-state index in [9.17, 15) is 0 Å². The fourth-order valence-electron chi connectivity index (χ4n) is 2.46. The smallest absolute Gasteiger partial charge is 0.0772 e. The lowest BCUT2D eigenvalue weighted by Crippen LogP contribution is -2.10. The molecule has 0 saturated carbocycles. The maximum Gasteiger partial charge on any atom is 0.0772 e. The van der Waals surface area contributed by atoms with Gasteiger partial charge in [-0.2, -0.15) is 0 Å². The molecular formula is C10H12N2. The van der Waals surface area contributed by atoms with Gasteiger partial charge in [-0.15, -0.1) is 0 Å². The minimum atomic E-state index is 0.475. The Morgan fingerprint density at radius 3 is 3.50 bits per heavy atom. The summed E-state index contributed by atoms with van der Waals surface area (Å²) in [5.74, 6) is 0.782. The topological polar surface area (TPSA) is 24.4 Å². The van der Waals surface area contributed by atoms with Gasteiger partial charge in [0.1, 0.15) is 0 Å². The number of dihydropyridines is 1. The SMILES string of the molecule is C1=CC2=C3NCCC3CC2N=C1. The van der Waals surface area contributed by atoms with Gasteiger partial charge >= 0.3 is 0 Å². The lowest BCUT2D eigenvalue weighted by atomic mass is 10.0. The molecule has 1 N–H and O–H groups in total. The second kappa shape index (κ2) is 2.22. The van der Waals surface area contributed by atoms with Crippen molar-refractivity contribution in [3.05, 3.63) is 23.4 Å². The number of nitrogens with one attached hydrogen (secondary N) is 1. The fraction of sp³-hybridized carbons (Fsp3) is 0.500. The summed E-state index contributed by atoms with van der Waals surface area (Å²) in [7, 11) is 0. The van der Waals surface area contributed by atoms with Crippen LogP contribution >= 0.6 is 0 Å². The molecule has 0 aromatic rings. The standard InChI is InChI=1S/C10H12N2/c1-2-8-9(11-4-1)6-7-3-5-12-10(7)8/h1-2,4,7,9,12H,3,5-6H2. The lowest BCUT2D eigenvalue weighted by Gasteiger charge is -2.10. The van der Waals surface area contributed by atoms with Crippen molar-refractivity contribution in [1.82, 2.24) is 5.32 Å². The molecule has 2 heteroatoms. The Kier molecular flexibility index (Phi) is 1.20. The molecule has 0 aromatic heterocycles. The average Bonchev–Trinajstić information content (AvgIpc) is 2.62. The molecule has 2 unspecified atom stereocenters. The highest BCUT2D eigenvalue weighted by Gasteiger charge is 2.35. The number of fused-ring (bicyclic) bond motifs is 2. The van der Waals surface area contributed by atoms with Gasteiger partial charge in [-0.1, -0.05) is 6.08 Å². The molecule has 0 amide bonds. The van der Waals surface area contributed by atoms with E-state index in [0.717, 1.165) is 12.5 Å². The maximum atomic E-state index is 4.46. The first kappa shape index (κ1) is 6.46.